The van der Waals surface area contributed by atoms with Crippen molar-refractivity contribution in [3.63, 3.8) is 0 Å². The Bertz CT molecular complexity index is 146. The quantitative estimate of drug-likeness (QED) is 0.273. The fourth-order valence-corrected chi connectivity index (χ4v) is 0.193. The molecule has 0 aliphatic carbocycles. The first-order valence-corrected chi connectivity index (χ1v) is 2.33. The van der Waals surface area contributed by atoms with E-state index in [-0.39, 0.29) is 0 Å². The first-order valence-electron chi connectivity index (χ1n) is 2.33. The lowest BCUT2D eigenvalue weighted by Crippen LogP contribution is -1.62. The minimum atomic E-state index is 1.41. The highest BCUT2D eigenvalue weighted by atomic mass is 14.8. The van der Waals surface area contributed by atoms with Crippen LogP contribution in [-0.4, -0.2) is 12.6 Å². The Hall–Kier alpha value is -1.10. The van der Waals surface area contributed by atoms with Crippen LogP contribution in [0.3, 0.4) is 0 Å². The predicted octanol–water partition coefficient (Wildman–Crippen LogP) is 1.09. The minimum absolute atomic E-state index is 1.41. The van der Waals surface area contributed by atoms with Crippen LogP contribution in [0, 0.1) is 12.0 Å². The van der Waals surface area contributed by atoms with E-state index in [1.807, 2.05) is 6.92 Å². The Morgan fingerprint density at radius 3 is 2.75 bits per heavy atom. The van der Waals surface area contributed by atoms with Gasteiger partial charge in [0.05, 0.1) is 0 Å². The summed E-state index contributed by atoms with van der Waals surface area (Å²) in [7, 11) is 0. The van der Waals surface area contributed by atoms with Crippen LogP contribution in [-0.2, 0) is 0 Å². The van der Waals surface area contributed by atoms with Crippen LogP contribution in [0.5, 0.6) is 0 Å². The van der Waals surface area contributed by atoms with Crippen LogP contribution in [0.1, 0.15) is 13.8 Å². The van der Waals surface area contributed by atoms with E-state index in [1.165, 1.54) is 6.34 Å². The summed E-state index contributed by atoms with van der Waals surface area (Å²) in [5, 5.41) is 0. The lowest BCUT2D eigenvalue weighted by molar-refractivity contribution is 1.62. The molecule has 0 heterocycles. The highest BCUT2D eigenvalue weighted by molar-refractivity contribution is 5.71. The van der Waals surface area contributed by atoms with Gasteiger partial charge in [-0.1, -0.05) is 5.92 Å². The molecule has 0 bridgehead atoms. The summed E-state index contributed by atoms with van der Waals surface area (Å²) in [4.78, 5) is 7.29. The van der Waals surface area contributed by atoms with Gasteiger partial charge in [-0.25, -0.2) is 4.99 Å². The van der Waals surface area contributed by atoms with Gasteiger partial charge in [-0.3, -0.25) is 0 Å². The first kappa shape index (κ1) is 6.90. The molecule has 0 N–H and O–H groups in total. The van der Waals surface area contributed by atoms with Gasteiger partial charge in [0.1, 0.15) is 6.34 Å². The van der Waals surface area contributed by atoms with E-state index >= 15 is 0 Å². The van der Waals surface area contributed by atoms with Crippen molar-refractivity contribution in [1.29, 1.82) is 0 Å². The van der Waals surface area contributed by atoms with Crippen LogP contribution in [0.15, 0.2) is 9.98 Å². The number of aliphatic imine (C=N–C) groups is 2. The first-order chi connectivity index (χ1) is 3.91. The molecule has 0 aliphatic rings. The zero-order chi connectivity index (χ0) is 6.24. The molecule has 0 aromatic carbocycles. The molecule has 0 fully saturated rings. The lowest BCUT2D eigenvalue weighted by Gasteiger charge is -1.65. The molecule has 0 saturated carbocycles. The van der Waals surface area contributed by atoms with Gasteiger partial charge in [0.25, 0.3) is 0 Å². The summed E-state index contributed by atoms with van der Waals surface area (Å²) in [6, 6.07) is 2.49. The number of hydrogen-bond acceptors (Lipinski definition) is 1. The van der Waals surface area contributed by atoms with Crippen molar-refractivity contribution in [2.45, 2.75) is 13.8 Å². The SMILES string of the molecule is CC#C/N=C\N=C/C. The molecule has 8 heavy (non-hydrogen) atoms. The normalized spacial score (nSPS) is 9.75. The molecule has 0 amide bonds. The van der Waals surface area contributed by atoms with Gasteiger partial charge in [-0.2, -0.15) is 4.99 Å². The van der Waals surface area contributed by atoms with Crippen molar-refractivity contribution in [2.75, 3.05) is 0 Å². The molecule has 0 aliphatic heterocycles. The van der Waals surface area contributed by atoms with Gasteiger partial charge in [0, 0.05) is 12.3 Å². The summed E-state index contributed by atoms with van der Waals surface area (Å²) in [5.74, 6) is 2.60. The van der Waals surface area contributed by atoms with Crippen molar-refractivity contribution in [2.24, 2.45) is 9.98 Å². The third kappa shape index (κ3) is 4.90. The Labute approximate surface area is 49.4 Å². The monoisotopic (exact) mass is 108 g/mol. The van der Waals surface area contributed by atoms with Gasteiger partial charge in [-0.05, 0) is 13.8 Å². The maximum absolute atomic E-state index is 3.69. The summed E-state index contributed by atoms with van der Waals surface area (Å²) in [6.45, 7) is 3.55. The molecule has 0 unspecified atom stereocenters. The molecule has 2 nitrogen and oxygen atoms in total. The minimum Gasteiger partial charge on any atom is -0.249 e. The number of nitrogens with zero attached hydrogens (tertiary/aromatic N) is 2. The van der Waals surface area contributed by atoms with Crippen LogP contribution in [0.4, 0.5) is 0 Å². The van der Waals surface area contributed by atoms with E-state index in [9.17, 15) is 0 Å². The molecular weight excluding hydrogens is 100 g/mol. The van der Waals surface area contributed by atoms with E-state index < -0.39 is 0 Å². The Morgan fingerprint density at radius 1 is 1.50 bits per heavy atom. The molecule has 0 atom stereocenters. The third-order valence-electron chi connectivity index (χ3n) is 0.450. The molecular formula is C6H8N2. The van der Waals surface area contributed by atoms with Gasteiger partial charge in [-0.15, -0.1) is 0 Å². The van der Waals surface area contributed by atoms with E-state index in [0.29, 0.717) is 0 Å². The largest absolute Gasteiger partial charge is 0.249 e. The highest BCUT2D eigenvalue weighted by Gasteiger charge is 1.54. The summed E-state index contributed by atoms with van der Waals surface area (Å²) >= 11 is 0. The van der Waals surface area contributed by atoms with Crippen LogP contribution in [0.25, 0.3) is 0 Å². The fraction of sp³-hybridized carbons (Fsp3) is 0.333. The van der Waals surface area contributed by atoms with Crippen molar-refractivity contribution in [3.05, 3.63) is 0 Å². The molecule has 2 heteroatoms. The fourth-order valence-electron chi connectivity index (χ4n) is 0.193. The average Bonchev–Trinajstić information content (AvgIpc) is 1.81. The van der Waals surface area contributed by atoms with Crippen LogP contribution < -0.4 is 0 Å². The van der Waals surface area contributed by atoms with Crippen molar-refractivity contribution >= 4 is 12.6 Å². The highest BCUT2D eigenvalue weighted by Crippen LogP contribution is 1.60. The molecule has 0 saturated heterocycles. The average molecular weight is 108 g/mol. The molecule has 0 radical (unpaired) electrons. The maximum atomic E-state index is 3.69. The third-order valence-corrected chi connectivity index (χ3v) is 0.450. The van der Waals surface area contributed by atoms with Gasteiger partial charge >= 0.3 is 0 Å². The molecule has 0 spiro atoms. The number of hydrogen-bond donors (Lipinski definition) is 0. The molecule has 0 rings (SSSR count). The molecule has 0 aromatic heterocycles. The predicted molar refractivity (Wildman–Crippen MR) is 36.1 cm³/mol. The van der Waals surface area contributed by atoms with Gasteiger partial charge in [0.2, 0.25) is 0 Å². The zero-order valence-corrected chi connectivity index (χ0v) is 5.05. The maximum Gasteiger partial charge on any atom is 0.125 e. The topological polar surface area (TPSA) is 24.7 Å². The lowest BCUT2D eigenvalue weighted by atomic mass is 10.8. The van der Waals surface area contributed by atoms with Crippen LogP contribution in [0.2, 0.25) is 0 Å². The standard InChI is InChI=1S/C6H8N2/c1-3-5-8-6-7-4-2/h4,6H,1-2H3/b7-4-,8-6-. The second kappa shape index (κ2) is 5.90. The molecule has 42 valence electrons. The smallest absolute Gasteiger partial charge is 0.125 e. The summed E-state index contributed by atoms with van der Waals surface area (Å²) in [6.07, 6.45) is 3.07. The summed E-state index contributed by atoms with van der Waals surface area (Å²) < 4.78 is 0. The second-order valence-corrected chi connectivity index (χ2v) is 1.01. The number of rotatable bonds is 1. The van der Waals surface area contributed by atoms with E-state index in [1.54, 1.807) is 13.1 Å². The van der Waals surface area contributed by atoms with Crippen molar-refractivity contribution in [1.82, 2.24) is 0 Å². The second-order valence-electron chi connectivity index (χ2n) is 1.01. The Morgan fingerprint density at radius 2 is 2.25 bits per heavy atom. The van der Waals surface area contributed by atoms with Gasteiger partial charge in [0.15, 0.2) is 0 Å². The Balaban J connectivity index is 3.45. The van der Waals surface area contributed by atoms with Crippen LogP contribution >= 0.6 is 0 Å². The zero-order valence-electron chi connectivity index (χ0n) is 5.05. The van der Waals surface area contributed by atoms with E-state index in [0.717, 1.165) is 0 Å². The summed E-state index contributed by atoms with van der Waals surface area (Å²) in [5.41, 5.74) is 0. The molecule has 0 aromatic rings. The van der Waals surface area contributed by atoms with Crippen molar-refractivity contribution < 1.29 is 0 Å². The van der Waals surface area contributed by atoms with Crippen molar-refractivity contribution in [3.8, 4) is 12.0 Å². The van der Waals surface area contributed by atoms with Gasteiger partial charge < -0.3 is 0 Å². The van der Waals surface area contributed by atoms with E-state index in [2.05, 4.69) is 21.9 Å². The Kier molecular flexibility index (Phi) is 5.09. The van der Waals surface area contributed by atoms with E-state index in [4.69, 9.17) is 0 Å².